The van der Waals surface area contributed by atoms with Gasteiger partial charge in [0.2, 0.25) is 0 Å². The first-order chi connectivity index (χ1) is 10.2. The number of aromatic hydroxyl groups is 2. The lowest BCUT2D eigenvalue weighted by atomic mass is 10.2. The third-order valence-corrected chi connectivity index (χ3v) is 2.50. The summed E-state index contributed by atoms with van der Waals surface area (Å²) in [5.41, 5.74) is 11.0. The third-order valence-electron chi connectivity index (χ3n) is 2.50. The van der Waals surface area contributed by atoms with Crippen molar-refractivity contribution in [2.75, 3.05) is 11.5 Å². The molecule has 2 rings (SSSR count). The fraction of sp³-hybridized carbons (Fsp3) is 0. The smallest absolute Gasteiger partial charge is 0.339 e. The number of aromatic carboxylic acids is 2. The van der Waals surface area contributed by atoms with Crippen molar-refractivity contribution in [1.82, 2.24) is 0 Å². The van der Waals surface area contributed by atoms with Gasteiger partial charge in [-0.15, -0.1) is 0 Å². The summed E-state index contributed by atoms with van der Waals surface area (Å²) in [4.78, 5) is 20.7. The van der Waals surface area contributed by atoms with Crippen LogP contribution in [0.5, 0.6) is 11.5 Å². The molecule has 0 aromatic heterocycles. The molecule has 16 N–H and O–H groups in total. The number of benzene rings is 2. The van der Waals surface area contributed by atoms with Crippen molar-refractivity contribution in [1.29, 1.82) is 0 Å². The van der Waals surface area contributed by atoms with Crippen LogP contribution in [0.4, 0.5) is 11.4 Å². The lowest BCUT2D eigenvalue weighted by molar-refractivity contribution is 0.0682. The molecule has 2 radical (unpaired) electrons. The van der Waals surface area contributed by atoms with E-state index in [0.29, 0.717) is 11.4 Å². The summed E-state index contributed by atoms with van der Waals surface area (Å²) in [7, 11) is 0. The molecule has 0 saturated carbocycles. The summed E-state index contributed by atoms with van der Waals surface area (Å²) in [6.07, 6.45) is 0. The Morgan fingerprint density at radius 3 is 1.11 bits per heavy atom. The number of phenols is 2. The number of hydrogen-bond acceptors (Lipinski definition) is 6. The Hall–Kier alpha value is -2.81. The minimum atomic E-state index is -1.16. The molecule has 0 bridgehead atoms. The molecule has 2 aromatic carbocycles. The van der Waals surface area contributed by atoms with E-state index in [1.165, 1.54) is 36.4 Å². The Bertz CT molecular complexity index is 666. The second-order valence-electron chi connectivity index (χ2n) is 4.16. The summed E-state index contributed by atoms with van der Waals surface area (Å²) in [6, 6.07) is 7.75. The van der Waals surface area contributed by atoms with Crippen LogP contribution in [0.25, 0.3) is 0 Å². The summed E-state index contributed by atoms with van der Waals surface area (Å²) in [5.74, 6) is -2.94. The van der Waals surface area contributed by atoms with Gasteiger partial charge < -0.3 is 53.8 Å². The molecule has 0 saturated heterocycles. The Kier molecular flexibility index (Phi) is 20.2. The highest BCUT2D eigenvalue weighted by Crippen LogP contribution is 2.20. The number of nitrogens with two attached hydrogens (primary N) is 2. The maximum atomic E-state index is 10.3. The average Bonchev–Trinajstić information content (AvgIpc) is 2.38. The number of rotatable bonds is 2. The predicted octanol–water partition coefficient (Wildman–Crippen LogP) is -2.33. The predicted molar refractivity (Wildman–Crippen MR) is 99.2 cm³/mol. The lowest BCUT2D eigenvalue weighted by Gasteiger charge is -1.98. The van der Waals surface area contributed by atoms with Crippen molar-refractivity contribution in [2.45, 2.75) is 0 Å². The van der Waals surface area contributed by atoms with Gasteiger partial charge in [0.15, 0.2) is 0 Å². The quantitative estimate of drug-likeness (QED) is 0.233. The topological polar surface area (TPSA) is 293 Å². The van der Waals surface area contributed by atoms with E-state index in [-0.39, 0.29) is 67.6 Å². The number of carboxylic acids is 2. The van der Waals surface area contributed by atoms with Crippen LogP contribution in [0.2, 0.25) is 0 Å². The van der Waals surface area contributed by atoms with Crippen molar-refractivity contribution in [3.8, 4) is 11.5 Å². The third kappa shape index (κ3) is 10.7. The van der Waals surface area contributed by atoms with E-state index in [9.17, 15) is 9.59 Å². The van der Waals surface area contributed by atoms with Crippen molar-refractivity contribution in [3.63, 3.8) is 0 Å². The minimum Gasteiger partial charge on any atom is -0.507 e. The molecule has 0 amide bonds. The molecule has 0 aliphatic heterocycles. The zero-order valence-electron chi connectivity index (χ0n) is 13.9. The van der Waals surface area contributed by atoms with E-state index in [0.717, 1.165) is 0 Å². The van der Waals surface area contributed by atoms with E-state index >= 15 is 0 Å². The van der Waals surface area contributed by atoms with Gasteiger partial charge >= 0.3 is 11.9 Å². The maximum absolute atomic E-state index is 10.3. The molecule has 0 aliphatic rings. The fourth-order valence-corrected chi connectivity index (χ4v) is 1.46. The molecule has 150 valence electrons. The molecule has 0 unspecified atom stereocenters. The highest BCUT2D eigenvalue weighted by Gasteiger charge is 2.08. The molecule has 0 heterocycles. The Labute approximate surface area is 169 Å². The monoisotopic (exact) mass is 402 g/mol. The van der Waals surface area contributed by atoms with Crippen molar-refractivity contribution in [2.24, 2.45) is 0 Å². The SMILES string of the molecule is Nc1ccc(C(=O)O)c(O)c1.Nc1ccc(C(=O)O)c(O)c1.O.O.O.O.[Mg]. The number of nitrogen functional groups attached to an aromatic ring is 2. The van der Waals surface area contributed by atoms with E-state index in [1.54, 1.807) is 0 Å². The van der Waals surface area contributed by atoms with Crippen LogP contribution in [-0.4, -0.2) is 77.3 Å². The van der Waals surface area contributed by atoms with Crippen LogP contribution >= 0.6 is 0 Å². The Balaban J connectivity index is -0.000000101. The van der Waals surface area contributed by atoms with E-state index in [4.69, 9.17) is 31.9 Å². The van der Waals surface area contributed by atoms with Gasteiger partial charge in [0.25, 0.3) is 0 Å². The van der Waals surface area contributed by atoms with Gasteiger partial charge in [-0.1, -0.05) is 0 Å². The number of anilines is 2. The van der Waals surface area contributed by atoms with E-state index in [1.807, 2.05) is 0 Å². The first kappa shape index (κ1) is 35.3. The molecular weight excluding hydrogens is 380 g/mol. The van der Waals surface area contributed by atoms with E-state index in [2.05, 4.69) is 0 Å². The van der Waals surface area contributed by atoms with Crippen LogP contribution in [0.1, 0.15) is 20.7 Å². The van der Waals surface area contributed by atoms with Crippen LogP contribution in [0.15, 0.2) is 36.4 Å². The average molecular weight is 403 g/mol. The molecule has 27 heavy (non-hydrogen) atoms. The first-order valence-electron chi connectivity index (χ1n) is 5.86. The van der Waals surface area contributed by atoms with Crippen LogP contribution < -0.4 is 11.5 Å². The summed E-state index contributed by atoms with van der Waals surface area (Å²) in [5, 5.41) is 34.9. The van der Waals surface area contributed by atoms with Crippen molar-refractivity contribution in [3.05, 3.63) is 47.5 Å². The normalized spacial score (nSPS) is 7.70. The zero-order valence-corrected chi connectivity index (χ0v) is 15.3. The van der Waals surface area contributed by atoms with Crippen LogP contribution in [0.3, 0.4) is 0 Å². The number of carbonyl (C=O) groups is 2. The summed E-state index contributed by atoms with van der Waals surface area (Å²) >= 11 is 0. The molecular formula is C14H22MgN2O10. The summed E-state index contributed by atoms with van der Waals surface area (Å²) in [6.45, 7) is 0. The van der Waals surface area contributed by atoms with E-state index < -0.39 is 11.9 Å². The summed E-state index contributed by atoms with van der Waals surface area (Å²) < 4.78 is 0. The van der Waals surface area contributed by atoms with Crippen LogP contribution in [-0.2, 0) is 0 Å². The standard InChI is InChI=1S/2C7H7NO3.Mg.4H2O/c2*8-4-1-2-5(7(10)11)6(9)3-4;;;;;/h2*1-3,9H,8H2,(H,10,11);;4*1H2. The molecule has 0 spiro atoms. The molecule has 0 atom stereocenters. The largest absolute Gasteiger partial charge is 0.507 e. The van der Waals surface area contributed by atoms with Gasteiger partial charge in [-0.05, 0) is 24.3 Å². The van der Waals surface area contributed by atoms with Crippen LogP contribution in [0, 0.1) is 0 Å². The van der Waals surface area contributed by atoms with Gasteiger partial charge in [-0.2, -0.15) is 0 Å². The second-order valence-corrected chi connectivity index (χ2v) is 4.16. The van der Waals surface area contributed by atoms with Gasteiger partial charge in [-0.25, -0.2) is 9.59 Å². The Morgan fingerprint density at radius 2 is 0.926 bits per heavy atom. The highest BCUT2D eigenvalue weighted by atomic mass is 24.3. The molecule has 2 aromatic rings. The zero-order chi connectivity index (χ0) is 16.9. The molecule has 13 heteroatoms. The minimum absolute atomic E-state index is 0. The number of hydrogen-bond donors (Lipinski definition) is 6. The lowest BCUT2D eigenvalue weighted by Crippen LogP contribution is -1.97. The first-order valence-corrected chi connectivity index (χ1v) is 5.86. The van der Waals surface area contributed by atoms with Crippen molar-refractivity contribution < 1.29 is 51.9 Å². The molecule has 12 nitrogen and oxygen atoms in total. The molecule has 0 aliphatic carbocycles. The maximum Gasteiger partial charge on any atom is 0.339 e. The molecule has 0 fully saturated rings. The number of carboxylic acid groups (broad SMARTS) is 2. The fourth-order valence-electron chi connectivity index (χ4n) is 1.46. The van der Waals surface area contributed by atoms with Crippen molar-refractivity contribution >= 4 is 46.4 Å². The van der Waals surface area contributed by atoms with Gasteiger partial charge in [0, 0.05) is 46.6 Å². The van der Waals surface area contributed by atoms with Gasteiger partial charge in [0.05, 0.1) is 0 Å². The second kappa shape index (κ2) is 15.4. The Morgan fingerprint density at radius 1 is 0.667 bits per heavy atom. The van der Waals surface area contributed by atoms with Gasteiger partial charge in [0.1, 0.15) is 22.6 Å². The highest BCUT2D eigenvalue weighted by molar-refractivity contribution is 5.91. The van der Waals surface area contributed by atoms with Gasteiger partial charge in [-0.3, -0.25) is 0 Å².